The molecule has 1 aliphatic heterocycles. The predicted molar refractivity (Wildman–Crippen MR) is 119 cm³/mol. The van der Waals surface area contributed by atoms with Crippen LogP contribution in [0.5, 0.6) is 5.75 Å². The SMILES string of the molecule is CCOc1ccc2nc(-c3ccc(NC(=S)NCC4CCCO4)cc3)sc2c1. The summed E-state index contributed by atoms with van der Waals surface area (Å²) in [6.07, 6.45) is 2.50. The standard InChI is InChI=1S/C21H23N3O2S2/c1-2-25-16-9-10-18-19(12-16)28-20(24-18)14-5-7-15(8-6-14)23-21(27)22-13-17-4-3-11-26-17/h5-10,12,17H,2-4,11,13H2,1H3,(H2,22,23,27). The van der Waals surface area contributed by atoms with E-state index >= 15 is 0 Å². The van der Waals surface area contributed by atoms with Gasteiger partial charge in [0.1, 0.15) is 10.8 Å². The van der Waals surface area contributed by atoms with Gasteiger partial charge in [0.2, 0.25) is 0 Å². The lowest BCUT2D eigenvalue weighted by Gasteiger charge is -2.14. The van der Waals surface area contributed by atoms with E-state index in [2.05, 4.69) is 22.8 Å². The molecule has 0 amide bonds. The van der Waals surface area contributed by atoms with Gasteiger partial charge >= 0.3 is 0 Å². The molecule has 0 saturated carbocycles. The van der Waals surface area contributed by atoms with Crippen molar-refractivity contribution < 1.29 is 9.47 Å². The summed E-state index contributed by atoms with van der Waals surface area (Å²) >= 11 is 7.04. The van der Waals surface area contributed by atoms with Crippen LogP contribution in [0.3, 0.4) is 0 Å². The van der Waals surface area contributed by atoms with Crippen LogP contribution in [0.4, 0.5) is 5.69 Å². The van der Waals surface area contributed by atoms with Gasteiger partial charge in [-0.15, -0.1) is 11.3 Å². The minimum atomic E-state index is 0.268. The summed E-state index contributed by atoms with van der Waals surface area (Å²) in [4.78, 5) is 4.74. The van der Waals surface area contributed by atoms with Gasteiger partial charge in [0.15, 0.2) is 5.11 Å². The largest absolute Gasteiger partial charge is 0.494 e. The molecule has 1 unspecified atom stereocenters. The summed E-state index contributed by atoms with van der Waals surface area (Å²) in [5.41, 5.74) is 3.03. The molecular weight excluding hydrogens is 390 g/mol. The van der Waals surface area contributed by atoms with Crippen LogP contribution in [0, 0.1) is 0 Å². The number of anilines is 1. The molecule has 1 aliphatic rings. The van der Waals surface area contributed by atoms with E-state index in [9.17, 15) is 0 Å². The number of fused-ring (bicyclic) bond motifs is 1. The van der Waals surface area contributed by atoms with Crippen molar-refractivity contribution in [1.82, 2.24) is 10.3 Å². The van der Waals surface area contributed by atoms with Crippen LogP contribution in [0.25, 0.3) is 20.8 Å². The Bertz CT molecular complexity index is 950. The van der Waals surface area contributed by atoms with Gasteiger partial charge in [0.05, 0.1) is 22.9 Å². The molecule has 1 atom stereocenters. The zero-order chi connectivity index (χ0) is 19.3. The molecule has 1 saturated heterocycles. The van der Waals surface area contributed by atoms with E-state index in [1.165, 1.54) is 0 Å². The molecule has 0 bridgehead atoms. The summed E-state index contributed by atoms with van der Waals surface area (Å²) in [6, 6.07) is 14.2. The van der Waals surface area contributed by atoms with Crippen LogP contribution in [0.1, 0.15) is 19.8 Å². The first-order chi connectivity index (χ1) is 13.7. The molecule has 0 radical (unpaired) electrons. The molecule has 28 heavy (non-hydrogen) atoms. The maximum Gasteiger partial charge on any atom is 0.170 e. The number of hydrogen-bond donors (Lipinski definition) is 2. The van der Waals surface area contributed by atoms with E-state index in [4.69, 9.17) is 26.7 Å². The Morgan fingerprint density at radius 2 is 2.14 bits per heavy atom. The monoisotopic (exact) mass is 413 g/mol. The second kappa shape index (κ2) is 8.86. The smallest absolute Gasteiger partial charge is 0.170 e. The first-order valence-electron chi connectivity index (χ1n) is 9.51. The van der Waals surface area contributed by atoms with E-state index in [0.717, 1.165) is 58.2 Å². The van der Waals surface area contributed by atoms with Crippen LogP contribution in [-0.2, 0) is 4.74 Å². The Morgan fingerprint density at radius 1 is 1.29 bits per heavy atom. The fourth-order valence-electron chi connectivity index (χ4n) is 3.17. The van der Waals surface area contributed by atoms with E-state index < -0.39 is 0 Å². The zero-order valence-electron chi connectivity index (χ0n) is 15.7. The first-order valence-corrected chi connectivity index (χ1v) is 10.7. The third-order valence-corrected chi connectivity index (χ3v) is 5.89. The van der Waals surface area contributed by atoms with E-state index in [1.54, 1.807) is 11.3 Å². The third kappa shape index (κ3) is 4.60. The molecule has 2 heterocycles. The maximum absolute atomic E-state index is 5.60. The Hall–Kier alpha value is -2.22. The highest BCUT2D eigenvalue weighted by Crippen LogP contribution is 2.32. The molecule has 2 aromatic carbocycles. The lowest BCUT2D eigenvalue weighted by Crippen LogP contribution is -2.34. The van der Waals surface area contributed by atoms with Crippen LogP contribution >= 0.6 is 23.6 Å². The van der Waals surface area contributed by atoms with Crippen molar-refractivity contribution in [3.05, 3.63) is 42.5 Å². The lowest BCUT2D eigenvalue weighted by molar-refractivity contribution is 0.114. The van der Waals surface area contributed by atoms with Crippen LogP contribution in [-0.4, -0.2) is 36.0 Å². The zero-order valence-corrected chi connectivity index (χ0v) is 17.4. The number of rotatable bonds is 6. The highest BCUT2D eigenvalue weighted by Gasteiger charge is 2.15. The molecule has 7 heteroatoms. The van der Waals surface area contributed by atoms with Crippen LogP contribution in [0.15, 0.2) is 42.5 Å². The molecule has 3 aromatic rings. The summed E-state index contributed by atoms with van der Waals surface area (Å²) < 4.78 is 12.3. The van der Waals surface area contributed by atoms with Crippen molar-refractivity contribution in [1.29, 1.82) is 0 Å². The number of nitrogens with one attached hydrogen (secondary N) is 2. The third-order valence-electron chi connectivity index (χ3n) is 4.57. The summed E-state index contributed by atoms with van der Waals surface area (Å²) in [7, 11) is 0. The average Bonchev–Trinajstić information content (AvgIpc) is 3.36. The Morgan fingerprint density at radius 3 is 2.89 bits per heavy atom. The average molecular weight is 414 g/mol. The van der Waals surface area contributed by atoms with Crippen molar-refractivity contribution in [2.75, 3.05) is 25.1 Å². The lowest BCUT2D eigenvalue weighted by atomic mass is 10.2. The van der Waals surface area contributed by atoms with Gasteiger partial charge in [-0.2, -0.15) is 0 Å². The second-order valence-electron chi connectivity index (χ2n) is 6.63. The van der Waals surface area contributed by atoms with Gasteiger partial charge in [-0.1, -0.05) is 0 Å². The number of hydrogen-bond acceptors (Lipinski definition) is 5. The molecule has 2 N–H and O–H groups in total. The van der Waals surface area contributed by atoms with Gasteiger partial charge in [0.25, 0.3) is 0 Å². The number of nitrogens with zero attached hydrogens (tertiary/aromatic N) is 1. The Labute approximate surface area is 174 Å². The van der Waals surface area contributed by atoms with Crippen molar-refractivity contribution >= 4 is 44.6 Å². The van der Waals surface area contributed by atoms with Crippen LogP contribution < -0.4 is 15.4 Å². The van der Waals surface area contributed by atoms with Gasteiger partial charge < -0.3 is 20.1 Å². The highest BCUT2D eigenvalue weighted by molar-refractivity contribution is 7.80. The van der Waals surface area contributed by atoms with E-state index in [1.807, 2.05) is 37.3 Å². The topological polar surface area (TPSA) is 55.4 Å². The number of thiocarbonyl (C=S) groups is 1. The predicted octanol–water partition coefficient (Wildman–Crippen LogP) is 4.83. The molecule has 5 nitrogen and oxygen atoms in total. The second-order valence-corrected chi connectivity index (χ2v) is 8.07. The van der Waals surface area contributed by atoms with Gasteiger partial charge in [-0.05, 0) is 74.4 Å². The molecule has 0 aliphatic carbocycles. The highest BCUT2D eigenvalue weighted by atomic mass is 32.1. The normalized spacial score (nSPS) is 16.2. The van der Waals surface area contributed by atoms with Crippen molar-refractivity contribution in [3.8, 4) is 16.3 Å². The van der Waals surface area contributed by atoms with Crippen molar-refractivity contribution in [2.24, 2.45) is 0 Å². The summed E-state index contributed by atoms with van der Waals surface area (Å²) in [6.45, 7) is 4.25. The molecule has 4 rings (SSSR count). The van der Waals surface area contributed by atoms with Gasteiger partial charge in [0, 0.05) is 24.4 Å². The molecular formula is C21H23N3O2S2. The Kier molecular flexibility index (Phi) is 6.04. The van der Waals surface area contributed by atoms with E-state index in [0.29, 0.717) is 11.7 Å². The molecule has 0 spiro atoms. The quantitative estimate of drug-likeness (QED) is 0.565. The molecule has 146 valence electrons. The number of aromatic nitrogens is 1. The van der Waals surface area contributed by atoms with Crippen LogP contribution in [0.2, 0.25) is 0 Å². The minimum absolute atomic E-state index is 0.268. The number of benzene rings is 2. The van der Waals surface area contributed by atoms with Crippen molar-refractivity contribution in [3.63, 3.8) is 0 Å². The fourth-order valence-corrected chi connectivity index (χ4v) is 4.37. The summed E-state index contributed by atoms with van der Waals surface area (Å²) in [5, 5.41) is 8.06. The Balaban J connectivity index is 1.39. The number of ether oxygens (including phenoxy) is 2. The first kappa shape index (κ1) is 19.1. The fraction of sp³-hybridized carbons (Fsp3) is 0.333. The summed E-state index contributed by atoms with van der Waals surface area (Å²) in [5.74, 6) is 0.883. The maximum atomic E-state index is 5.60. The van der Waals surface area contributed by atoms with E-state index in [-0.39, 0.29) is 6.10 Å². The van der Waals surface area contributed by atoms with Gasteiger partial charge in [-0.3, -0.25) is 0 Å². The molecule has 1 fully saturated rings. The minimum Gasteiger partial charge on any atom is -0.494 e. The molecule has 1 aromatic heterocycles. The van der Waals surface area contributed by atoms with Crippen molar-refractivity contribution in [2.45, 2.75) is 25.9 Å². The number of thiazole rings is 1. The van der Waals surface area contributed by atoms with Gasteiger partial charge in [-0.25, -0.2) is 4.98 Å².